The summed E-state index contributed by atoms with van der Waals surface area (Å²) in [4.78, 5) is 5.29. The van der Waals surface area contributed by atoms with Crippen molar-refractivity contribution < 1.29 is 0 Å². The number of rotatable bonds is 10. The molecular formula is C25H34N2. The largest absolute Gasteiger partial charge is 0.402 e. The molecule has 0 aliphatic heterocycles. The first-order valence-electron chi connectivity index (χ1n) is 10.3. The standard InChI is InChI=1S/C25H34N2/c1-4-6-14-21(13-5-2)24(19-20(3)26)27-25(22-15-9-7-10-16-22)23-17-11-8-12-18-23/h7-12,15-19,21,25H,4-6,13-14,26H2,1-3H3/b20-19+,27-24?. The molecule has 0 bridgehead atoms. The van der Waals surface area contributed by atoms with Crippen molar-refractivity contribution in [2.45, 2.75) is 58.9 Å². The Balaban J connectivity index is 2.51. The van der Waals surface area contributed by atoms with Gasteiger partial charge in [-0.1, -0.05) is 93.8 Å². The van der Waals surface area contributed by atoms with Crippen LogP contribution in [0.25, 0.3) is 0 Å². The third-order valence-corrected chi connectivity index (χ3v) is 4.85. The van der Waals surface area contributed by atoms with E-state index in [1.165, 1.54) is 30.4 Å². The van der Waals surface area contributed by atoms with Gasteiger partial charge in [-0.15, -0.1) is 0 Å². The quantitative estimate of drug-likeness (QED) is 0.470. The second-order valence-electron chi connectivity index (χ2n) is 7.29. The maximum atomic E-state index is 6.09. The van der Waals surface area contributed by atoms with Crippen molar-refractivity contribution in [1.82, 2.24) is 0 Å². The molecule has 2 nitrogen and oxygen atoms in total. The molecule has 0 aromatic heterocycles. The van der Waals surface area contributed by atoms with Crippen molar-refractivity contribution in [3.63, 3.8) is 0 Å². The Labute approximate surface area is 165 Å². The van der Waals surface area contributed by atoms with E-state index in [0.717, 1.165) is 24.3 Å². The molecule has 2 aromatic rings. The van der Waals surface area contributed by atoms with E-state index < -0.39 is 0 Å². The zero-order valence-electron chi connectivity index (χ0n) is 17.1. The van der Waals surface area contributed by atoms with Crippen LogP contribution < -0.4 is 5.73 Å². The second-order valence-corrected chi connectivity index (χ2v) is 7.29. The summed E-state index contributed by atoms with van der Waals surface area (Å²) in [6.45, 7) is 6.46. The highest BCUT2D eigenvalue weighted by Crippen LogP contribution is 2.29. The number of nitrogens with zero attached hydrogens (tertiary/aromatic N) is 1. The van der Waals surface area contributed by atoms with Crippen LogP contribution in [-0.4, -0.2) is 5.71 Å². The summed E-state index contributed by atoms with van der Waals surface area (Å²) in [5.41, 5.74) is 10.5. The van der Waals surface area contributed by atoms with E-state index in [2.05, 4.69) is 80.6 Å². The van der Waals surface area contributed by atoms with Crippen LogP contribution in [0.4, 0.5) is 0 Å². The van der Waals surface area contributed by atoms with Crippen molar-refractivity contribution in [1.29, 1.82) is 0 Å². The van der Waals surface area contributed by atoms with Crippen LogP contribution in [0.1, 0.15) is 70.0 Å². The molecule has 2 N–H and O–H groups in total. The smallest absolute Gasteiger partial charge is 0.100 e. The normalized spacial score (nSPS) is 13.8. The fourth-order valence-corrected chi connectivity index (χ4v) is 3.49. The number of hydrogen-bond donors (Lipinski definition) is 1. The van der Waals surface area contributed by atoms with Gasteiger partial charge >= 0.3 is 0 Å². The molecule has 1 atom stereocenters. The van der Waals surface area contributed by atoms with E-state index in [9.17, 15) is 0 Å². The summed E-state index contributed by atoms with van der Waals surface area (Å²) in [7, 11) is 0. The van der Waals surface area contributed by atoms with Crippen LogP contribution in [-0.2, 0) is 0 Å². The Hall–Kier alpha value is -2.35. The third kappa shape index (κ3) is 6.71. The zero-order chi connectivity index (χ0) is 19.5. The van der Waals surface area contributed by atoms with Crippen LogP contribution >= 0.6 is 0 Å². The summed E-state index contributed by atoms with van der Waals surface area (Å²) in [6.07, 6.45) is 8.01. The van der Waals surface area contributed by atoms with Gasteiger partial charge in [0.1, 0.15) is 6.04 Å². The Kier molecular flexibility index (Phi) is 8.83. The van der Waals surface area contributed by atoms with Crippen LogP contribution in [0.15, 0.2) is 77.4 Å². The van der Waals surface area contributed by atoms with Gasteiger partial charge in [-0.3, -0.25) is 4.99 Å². The van der Waals surface area contributed by atoms with E-state index in [1.807, 2.05) is 6.92 Å². The Morgan fingerprint density at radius 2 is 1.44 bits per heavy atom. The Bertz CT molecular complexity index is 673. The molecule has 0 fully saturated rings. The lowest BCUT2D eigenvalue weighted by atomic mass is 9.90. The highest BCUT2D eigenvalue weighted by molar-refractivity contribution is 5.97. The van der Waals surface area contributed by atoms with E-state index in [-0.39, 0.29) is 6.04 Å². The molecule has 144 valence electrons. The average molecular weight is 363 g/mol. The van der Waals surface area contributed by atoms with Crippen molar-refractivity contribution in [3.05, 3.63) is 83.6 Å². The van der Waals surface area contributed by atoms with E-state index in [4.69, 9.17) is 10.7 Å². The average Bonchev–Trinajstić information content (AvgIpc) is 2.69. The van der Waals surface area contributed by atoms with Crippen molar-refractivity contribution in [2.24, 2.45) is 16.6 Å². The molecule has 0 saturated heterocycles. The van der Waals surface area contributed by atoms with Crippen LogP contribution in [0.5, 0.6) is 0 Å². The summed E-state index contributed by atoms with van der Waals surface area (Å²) in [5, 5.41) is 0. The lowest BCUT2D eigenvalue weighted by molar-refractivity contribution is 0.537. The summed E-state index contributed by atoms with van der Waals surface area (Å²) in [6, 6.07) is 21.1. The molecule has 0 saturated carbocycles. The molecule has 2 rings (SSSR count). The highest BCUT2D eigenvalue weighted by Gasteiger charge is 2.18. The Morgan fingerprint density at radius 3 is 1.89 bits per heavy atom. The molecule has 1 unspecified atom stereocenters. The van der Waals surface area contributed by atoms with Crippen molar-refractivity contribution in [3.8, 4) is 0 Å². The minimum absolute atomic E-state index is 0.000942. The number of nitrogens with two attached hydrogens (primary N) is 1. The van der Waals surface area contributed by atoms with Gasteiger partial charge in [-0.25, -0.2) is 0 Å². The monoisotopic (exact) mass is 362 g/mol. The molecule has 0 amide bonds. The molecule has 27 heavy (non-hydrogen) atoms. The predicted octanol–water partition coefficient (Wildman–Crippen LogP) is 6.69. The van der Waals surface area contributed by atoms with Gasteiger partial charge in [0.15, 0.2) is 0 Å². The van der Waals surface area contributed by atoms with Gasteiger partial charge in [0.05, 0.1) is 0 Å². The van der Waals surface area contributed by atoms with Gasteiger partial charge in [0.2, 0.25) is 0 Å². The fraction of sp³-hybridized carbons (Fsp3) is 0.400. The number of allylic oxidation sites excluding steroid dienone is 2. The fourth-order valence-electron chi connectivity index (χ4n) is 3.49. The summed E-state index contributed by atoms with van der Waals surface area (Å²) in [5.74, 6) is 0.461. The first kappa shape index (κ1) is 21.0. The lowest BCUT2D eigenvalue weighted by Crippen LogP contribution is -2.16. The predicted molar refractivity (Wildman–Crippen MR) is 118 cm³/mol. The number of unbranched alkanes of at least 4 members (excludes halogenated alkanes) is 1. The second kappa shape index (κ2) is 11.4. The van der Waals surface area contributed by atoms with Crippen LogP contribution in [0.2, 0.25) is 0 Å². The van der Waals surface area contributed by atoms with Gasteiger partial charge in [-0.05, 0) is 37.0 Å². The molecule has 0 aliphatic rings. The maximum absolute atomic E-state index is 6.09. The van der Waals surface area contributed by atoms with Crippen LogP contribution in [0, 0.1) is 5.92 Å². The van der Waals surface area contributed by atoms with Crippen molar-refractivity contribution >= 4 is 5.71 Å². The molecule has 0 aliphatic carbocycles. The molecule has 2 aromatic carbocycles. The van der Waals surface area contributed by atoms with E-state index in [0.29, 0.717) is 5.92 Å². The van der Waals surface area contributed by atoms with Gasteiger partial charge < -0.3 is 5.73 Å². The summed E-state index contributed by atoms with van der Waals surface area (Å²) >= 11 is 0. The van der Waals surface area contributed by atoms with E-state index >= 15 is 0 Å². The van der Waals surface area contributed by atoms with Gasteiger partial charge in [-0.2, -0.15) is 0 Å². The van der Waals surface area contributed by atoms with Gasteiger partial charge in [0, 0.05) is 17.3 Å². The molecular weight excluding hydrogens is 328 g/mol. The maximum Gasteiger partial charge on any atom is 0.100 e. The van der Waals surface area contributed by atoms with Crippen LogP contribution in [0.3, 0.4) is 0 Å². The number of benzene rings is 2. The molecule has 0 heterocycles. The van der Waals surface area contributed by atoms with Crippen molar-refractivity contribution in [2.75, 3.05) is 0 Å². The molecule has 0 spiro atoms. The first-order valence-corrected chi connectivity index (χ1v) is 10.3. The SMILES string of the molecule is CCCCC(CCC)C(/C=C(\C)N)=NC(c1ccccc1)c1ccccc1. The zero-order valence-corrected chi connectivity index (χ0v) is 17.1. The van der Waals surface area contributed by atoms with Gasteiger partial charge in [0.25, 0.3) is 0 Å². The molecule has 2 heteroatoms. The lowest BCUT2D eigenvalue weighted by Gasteiger charge is -2.21. The topological polar surface area (TPSA) is 38.4 Å². The summed E-state index contributed by atoms with van der Waals surface area (Å²) < 4.78 is 0. The number of aliphatic imine (C=N–C) groups is 1. The third-order valence-electron chi connectivity index (χ3n) is 4.85. The van der Waals surface area contributed by atoms with E-state index in [1.54, 1.807) is 0 Å². The minimum atomic E-state index is -0.000942. The molecule has 0 radical (unpaired) electrons. The minimum Gasteiger partial charge on any atom is -0.402 e. The Morgan fingerprint density at radius 1 is 0.889 bits per heavy atom. The number of hydrogen-bond acceptors (Lipinski definition) is 2. The first-order chi connectivity index (χ1) is 13.2. The highest BCUT2D eigenvalue weighted by atomic mass is 14.8.